The summed E-state index contributed by atoms with van der Waals surface area (Å²) < 4.78 is 17.4. The maximum atomic E-state index is 13.0. The number of rotatable bonds is 3. The maximum absolute atomic E-state index is 13.0. The van der Waals surface area contributed by atoms with E-state index >= 15 is 0 Å². The minimum atomic E-state index is -0.747. The number of benzene rings is 1. The number of halogens is 2. The van der Waals surface area contributed by atoms with Crippen LogP contribution in [0.5, 0.6) is 0 Å². The first-order valence-electron chi connectivity index (χ1n) is 5.64. The summed E-state index contributed by atoms with van der Waals surface area (Å²) in [5.41, 5.74) is -0.826. The van der Waals surface area contributed by atoms with Gasteiger partial charge in [-0.25, -0.2) is 4.79 Å². The highest BCUT2D eigenvalue weighted by atomic mass is 79.9. The summed E-state index contributed by atoms with van der Waals surface area (Å²) in [4.78, 5) is 22.1. The molecule has 0 fully saturated rings. The Labute approximate surface area is 123 Å². The van der Waals surface area contributed by atoms with Crippen LogP contribution in [0.25, 0.3) is 6.08 Å². The van der Waals surface area contributed by atoms with Gasteiger partial charge >= 0.3 is 5.97 Å². The Morgan fingerprint density at radius 2 is 2.05 bits per heavy atom. The number of nitrogens with zero attached hydrogens (tertiary/aromatic N) is 1. The van der Waals surface area contributed by atoms with Gasteiger partial charge in [-0.3, -0.25) is 10.1 Å². The van der Waals surface area contributed by atoms with Crippen molar-refractivity contribution < 1.29 is 18.8 Å². The zero-order chi connectivity index (χ0) is 15.5. The van der Waals surface area contributed by atoms with Crippen molar-refractivity contribution in [3.63, 3.8) is 0 Å². The molecule has 0 N–H and O–H groups in total. The SMILES string of the molecule is CC(C)(C)OC(=O)c1ccc([N+](=O)[O-])cc1/C=C(\F)Br. The summed E-state index contributed by atoms with van der Waals surface area (Å²) in [6, 6.07) is 3.52. The molecule has 1 aromatic carbocycles. The molecule has 1 rings (SSSR count). The van der Waals surface area contributed by atoms with Gasteiger partial charge in [-0.15, -0.1) is 0 Å². The highest BCUT2D eigenvalue weighted by molar-refractivity contribution is 9.11. The van der Waals surface area contributed by atoms with Crippen molar-refractivity contribution in [2.45, 2.75) is 26.4 Å². The Kier molecular flexibility index (Phi) is 4.99. The van der Waals surface area contributed by atoms with Gasteiger partial charge in [-0.1, -0.05) is 0 Å². The van der Waals surface area contributed by atoms with E-state index in [1.54, 1.807) is 20.8 Å². The highest BCUT2D eigenvalue weighted by Crippen LogP contribution is 2.24. The van der Waals surface area contributed by atoms with Crippen LogP contribution >= 0.6 is 15.9 Å². The molecular formula is C13H13BrFNO4. The molecule has 0 atom stereocenters. The van der Waals surface area contributed by atoms with Crippen LogP contribution in [-0.4, -0.2) is 16.5 Å². The number of nitro groups is 1. The van der Waals surface area contributed by atoms with Gasteiger partial charge in [0.1, 0.15) is 5.60 Å². The van der Waals surface area contributed by atoms with Crippen molar-refractivity contribution in [2.24, 2.45) is 0 Å². The molecular weight excluding hydrogens is 333 g/mol. The smallest absolute Gasteiger partial charge is 0.339 e. The molecule has 0 aliphatic rings. The Morgan fingerprint density at radius 1 is 1.45 bits per heavy atom. The van der Waals surface area contributed by atoms with Gasteiger partial charge in [0, 0.05) is 12.1 Å². The van der Waals surface area contributed by atoms with Crippen LogP contribution in [0.15, 0.2) is 22.9 Å². The van der Waals surface area contributed by atoms with E-state index in [0.29, 0.717) is 0 Å². The highest BCUT2D eigenvalue weighted by Gasteiger charge is 2.21. The van der Waals surface area contributed by atoms with Gasteiger partial charge in [0.2, 0.25) is 0 Å². The van der Waals surface area contributed by atoms with Crippen molar-refractivity contribution in [2.75, 3.05) is 0 Å². The normalized spacial score (nSPS) is 12.2. The molecule has 7 heteroatoms. The van der Waals surface area contributed by atoms with Crippen LogP contribution in [0.1, 0.15) is 36.7 Å². The van der Waals surface area contributed by atoms with E-state index in [9.17, 15) is 19.3 Å². The van der Waals surface area contributed by atoms with E-state index in [1.807, 2.05) is 0 Å². The first kappa shape index (κ1) is 16.3. The molecule has 108 valence electrons. The minimum Gasteiger partial charge on any atom is -0.456 e. The average Bonchev–Trinajstić information content (AvgIpc) is 2.25. The van der Waals surface area contributed by atoms with E-state index in [2.05, 4.69) is 15.9 Å². The fourth-order valence-electron chi connectivity index (χ4n) is 1.42. The zero-order valence-corrected chi connectivity index (χ0v) is 12.7. The molecule has 0 heterocycles. The van der Waals surface area contributed by atoms with E-state index < -0.39 is 21.2 Å². The number of nitro benzene ring substituents is 1. The summed E-state index contributed by atoms with van der Waals surface area (Å²) in [5, 5.41) is 10.7. The van der Waals surface area contributed by atoms with Gasteiger partial charge in [0.15, 0.2) is 4.74 Å². The average molecular weight is 346 g/mol. The Hall–Kier alpha value is -1.76. The number of non-ortho nitro benzene ring substituents is 1. The third-order valence-corrected chi connectivity index (χ3v) is 2.36. The third kappa shape index (κ3) is 4.73. The summed E-state index contributed by atoms with van der Waals surface area (Å²) in [6.45, 7) is 5.07. The second-order valence-electron chi connectivity index (χ2n) is 4.96. The number of hydrogen-bond acceptors (Lipinski definition) is 4. The molecule has 0 amide bonds. The number of ether oxygens (including phenoxy) is 1. The van der Waals surface area contributed by atoms with Gasteiger partial charge in [-0.2, -0.15) is 4.39 Å². The Morgan fingerprint density at radius 3 is 2.50 bits per heavy atom. The first-order valence-corrected chi connectivity index (χ1v) is 6.44. The van der Waals surface area contributed by atoms with Crippen molar-refractivity contribution in [1.29, 1.82) is 0 Å². The second kappa shape index (κ2) is 6.13. The molecule has 0 aromatic heterocycles. The number of carbonyl (C=O) groups is 1. The lowest BCUT2D eigenvalue weighted by Gasteiger charge is -2.20. The number of hydrogen-bond donors (Lipinski definition) is 0. The predicted molar refractivity (Wildman–Crippen MR) is 76.3 cm³/mol. The van der Waals surface area contributed by atoms with E-state index in [4.69, 9.17) is 4.74 Å². The summed E-state index contributed by atoms with van der Waals surface area (Å²) in [7, 11) is 0. The van der Waals surface area contributed by atoms with Gasteiger partial charge in [-0.05, 0) is 54.4 Å². The fourth-order valence-corrected chi connectivity index (χ4v) is 1.67. The lowest BCUT2D eigenvalue weighted by atomic mass is 10.1. The fraction of sp³-hybridized carbons (Fsp3) is 0.308. The standard InChI is InChI=1S/C13H13BrFNO4/c1-13(2,3)20-12(17)10-5-4-9(16(18)19)6-8(10)7-11(14)15/h4-7H,1-3H3/b11-7-. The molecule has 0 saturated carbocycles. The molecule has 0 spiro atoms. The monoisotopic (exact) mass is 345 g/mol. The molecule has 0 bridgehead atoms. The third-order valence-electron chi connectivity index (χ3n) is 2.13. The summed E-state index contributed by atoms with van der Waals surface area (Å²) >= 11 is 2.59. The van der Waals surface area contributed by atoms with Crippen molar-refractivity contribution in [3.8, 4) is 0 Å². The number of carbonyl (C=O) groups excluding carboxylic acids is 1. The maximum Gasteiger partial charge on any atom is 0.339 e. The van der Waals surface area contributed by atoms with Crippen molar-refractivity contribution >= 4 is 33.7 Å². The van der Waals surface area contributed by atoms with Crippen LogP contribution in [-0.2, 0) is 4.74 Å². The molecule has 0 unspecified atom stereocenters. The van der Waals surface area contributed by atoms with Crippen LogP contribution in [0.4, 0.5) is 10.1 Å². The predicted octanol–water partition coefficient (Wildman–Crippen LogP) is 4.21. The second-order valence-corrected chi connectivity index (χ2v) is 5.72. The molecule has 0 radical (unpaired) electrons. The first-order chi connectivity index (χ1) is 9.10. The van der Waals surface area contributed by atoms with Crippen LogP contribution in [0, 0.1) is 10.1 Å². The lowest BCUT2D eigenvalue weighted by molar-refractivity contribution is -0.384. The van der Waals surface area contributed by atoms with Crippen LogP contribution in [0.3, 0.4) is 0 Å². The van der Waals surface area contributed by atoms with E-state index in [-0.39, 0.29) is 16.8 Å². The van der Waals surface area contributed by atoms with Crippen molar-refractivity contribution in [1.82, 2.24) is 0 Å². The summed E-state index contributed by atoms with van der Waals surface area (Å²) in [5.74, 6) is -0.674. The van der Waals surface area contributed by atoms with E-state index in [0.717, 1.165) is 12.1 Å². The minimum absolute atomic E-state index is 0.0557. The van der Waals surface area contributed by atoms with Gasteiger partial charge < -0.3 is 4.74 Å². The molecule has 1 aromatic rings. The lowest BCUT2D eigenvalue weighted by Crippen LogP contribution is -2.24. The van der Waals surface area contributed by atoms with Crippen LogP contribution in [0.2, 0.25) is 0 Å². The molecule has 0 saturated heterocycles. The largest absolute Gasteiger partial charge is 0.456 e. The van der Waals surface area contributed by atoms with Gasteiger partial charge in [0.05, 0.1) is 10.5 Å². The van der Waals surface area contributed by atoms with Gasteiger partial charge in [0.25, 0.3) is 5.69 Å². The molecule has 5 nitrogen and oxygen atoms in total. The molecule has 0 aliphatic carbocycles. The molecule has 0 aliphatic heterocycles. The topological polar surface area (TPSA) is 69.4 Å². The van der Waals surface area contributed by atoms with E-state index in [1.165, 1.54) is 12.1 Å². The Balaban J connectivity index is 3.28. The summed E-state index contributed by atoms with van der Waals surface area (Å²) in [6.07, 6.45) is 0.978. The zero-order valence-electron chi connectivity index (χ0n) is 11.1. The van der Waals surface area contributed by atoms with Crippen molar-refractivity contribution in [3.05, 3.63) is 44.2 Å². The quantitative estimate of drug-likeness (QED) is 0.467. The van der Waals surface area contributed by atoms with Crippen LogP contribution < -0.4 is 0 Å². The number of esters is 1. The molecule has 20 heavy (non-hydrogen) atoms. The Bertz CT molecular complexity index is 574.